The third kappa shape index (κ3) is 3.78. The highest BCUT2D eigenvalue weighted by Crippen LogP contribution is 2.37. The molecule has 0 unspecified atom stereocenters. The van der Waals surface area contributed by atoms with Gasteiger partial charge in [0.1, 0.15) is 0 Å². The van der Waals surface area contributed by atoms with Crippen molar-refractivity contribution in [2.45, 2.75) is 25.1 Å². The van der Waals surface area contributed by atoms with E-state index in [4.69, 9.17) is 9.47 Å². The van der Waals surface area contributed by atoms with E-state index in [0.717, 1.165) is 0 Å². The summed E-state index contributed by atoms with van der Waals surface area (Å²) in [5.74, 6) is 1.10. The average molecular weight is 397 g/mol. The van der Waals surface area contributed by atoms with Crippen LogP contribution in [0.25, 0.3) is 0 Å². The van der Waals surface area contributed by atoms with Crippen LogP contribution in [-0.2, 0) is 9.84 Å². The maximum atomic E-state index is 13.0. The van der Waals surface area contributed by atoms with Crippen LogP contribution in [0.1, 0.15) is 24.2 Å². The number of rotatable bonds is 6. The van der Waals surface area contributed by atoms with Gasteiger partial charge in [-0.25, -0.2) is 8.42 Å². The van der Waals surface area contributed by atoms with Gasteiger partial charge in [0.25, 0.3) is 5.91 Å². The summed E-state index contributed by atoms with van der Waals surface area (Å²) in [5.41, 5.74) is 0.487. The lowest BCUT2D eigenvalue weighted by Gasteiger charge is -2.25. The van der Waals surface area contributed by atoms with E-state index in [2.05, 4.69) is 0 Å². The lowest BCUT2D eigenvalue weighted by Crippen LogP contribution is -2.38. The van der Waals surface area contributed by atoms with Crippen molar-refractivity contribution in [2.75, 3.05) is 46.2 Å². The Kier molecular flexibility index (Phi) is 5.67. The lowest BCUT2D eigenvalue weighted by molar-refractivity contribution is 0.0779. The van der Waals surface area contributed by atoms with Crippen molar-refractivity contribution in [1.82, 2.24) is 9.80 Å². The molecule has 0 aliphatic carbocycles. The van der Waals surface area contributed by atoms with Crippen LogP contribution in [0.2, 0.25) is 0 Å². The summed E-state index contributed by atoms with van der Waals surface area (Å²) < 4.78 is 36.2. The van der Waals surface area contributed by atoms with Gasteiger partial charge in [0.2, 0.25) is 0 Å². The molecule has 2 aliphatic rings. The monoisotopic (exact) mass is 396 g/mol. The smallest absolute Gasteiger partial charge is 0.254 e. The second kappa shape index (κ2) is 7.67. The molecule has 150 valence electrons. The highest BCUT2D eigenvalue weighted by molar-refractivity contribution is 7.92. The number of ether oxygens (including phenoxy) is 2. The fraction of sp³-hybridized carbons (Fsp3) is 0.632. The predicted molar refractivity (Wildman–Crippen MR) is 103 cm³/mol. The number of hydrogen-bond acceptors (Lipinski definition) is 6. The number of hydrogen-bond donors (Lipinski definition) is 0. The second-order valence-electron chi connectivity index (χ2n) is 7.30. The highest BCUT2D eigenvalue weighted by Gasteiger charge is 2.53. The molecule has 3 atom stereocenters. The van der Waals surface area contributed by atoms with Crippen molar-refractivity contribution in [3.63, 3.8) is 0 Å². The van der Waals surface area contributed by atoms with Gasteiger partial charge in [0, 0.05) is 30.6 Å². The van der Waals surface area contributed by atoms with Crippen LogP contribution in [0.5, 0.6) is 11.5 Å². The molecule has 0 radical (unpaired) electrons. The number of benzene rings is 1. The van der Waals surface area contributed by atoms with E-state index in [1.807, 2.05) is 32.8 Å². The van der Waals surface area contributed by atoms with Crippen LogP contribution < -0.4 is 9.47 Å². The van der Waals surface area contributed by atoms with Crippen LogP contribution in [0, 0.1) is 5.92 Å². The van der Waals surface area contributed by atoms with E-state index >= 15 is 0 Å². The van der Waals surface area contributed by atoms with E-state index in [1.54, 1.807) is 23.1 Å². The van der Waals surface area contributed by atoms with Crippen LogP contribution in [0.4, 0.5) is 0 Å². The van der Waals surface area contributed by atoms with Gasteiger partial charge in [-0.15, -0.1) is 0 Å². The Morgan fingerprint density at radius 2 is 1.81 bits per heavy atom. The molecule has 7 nitrogen and oxygen atoms in total. The first-order valence-corrected chi connectivity index (χ1v) is 11.1. The molecule has 2 saturated heterocycles. The minimum Gasteiger partial charge on any atom is -0.490 e. The molecule has 2 aliphatic heterocycles. The van der Waals surface area contributed by atoms with Crippen molar-refractivity contribution in [2.24, 2.45) is 5.92 Å². The Labute approximate surface area is 161 Å². The van der Waals surface area contributed by atoms with E-state index < -0.39 is 15.1 Å². The summed E-state index contributed by atoms with van der Waals surface area (Å²) in [4.78, 5) is 16.6. The Morgan fingerprint density at radius 3 is 2.44 bits per heavy atom. The van der Waals surface area contributed by atoms with Gasteiger partial charge in [-0.1, -0.05) is 0 Å². The summed E-state index contributed by atoms with van der Waals surface area (Å²) in [5, 5.41) is -0.470. The van der Waals surface area contributed by atoms with Gasteiger partial charge < -0.3 is 19.3 Å². The fourth-order valence-electron chi connectivity index (χ4n) is 4.10. The molecule has 0 N–H and O–H groups in total. The van der Waals surface area contributed by atoms with Crippen molar-refractivity contribution in [3.8, 4) is 11.5 Å². The third-order valence-electron chi connectivity index (χ3n) is 5.41. The van der Waals surface area contributed by atoms with Crippen molar-refractivity contribution in [3.05, 3.63) is 23.8 Å². The first-order chi connectivity index (χ1) is 12.8. The molecule has 2 fully saturated rings. The fourth-order valence-corrected chi connectivity index (χ4v) is 6.57. The summed E-state index contributed by atoms with van der Waals surface area (Å²) in [6.07, 6.45) is 0. The molecule has 2 heterocycles. The lowest BCUT2D eigenvalue weighted by atomic mass is 10.00. The zero-order valence-corrected chi connectivity index (χ0v) is 17.2. The zero-order valence-electron chi connectivity index (χ0n) is 16.3. The predicted octanol–water partition coefficient (Wildman–Crippen LogP) is 1.28. The molecule has 1 aromatic carbocycles. The first-order valence-electron chi connectivity index (χ1n) is 9.35. The van der Waals surface area contributed by atoms with Crippen molar-refractivity contribution in [1.29, 1.82) is 0 Å². The maximum Gasteiger partial charge on any atom is 0.254 e. The molecule has 27 heavy (non-hydrogen) atoms. The Hall–Kier alpha value is -1.80. The molecule has 0 spiro atoms. The van der Waals surface area contributed by atoms with Crippen molar-refractivity contribution >= 4 is 15.7 Å². The molecule has 0 saturated carbocycles. The van der Waals surface area contributed by atoms with Crippen molar-refractivity contribution < 1.29 is 22.7 Å². The standard InChI is InChI=1S/C19H28N2O5S/c1-5-25-16-8-7-13(9-17(16)26-6-2)19(22)21-10-14-15(20(3)4)12-27(23,24)18(14)11-21/h7-9,14-15,18H,5-6,10-12H2,1-4H3/t14-,15+,18-/m0/s1. The van der Waals surface area contributed by atoms with Gasteiger partial charge in [-0.05, 0) is 46.1 Å². The zero-order chi connectivity index (χ0) is 19.8. The Bertz CT molecular complexity index is 808. The molecule has 1 amide bonds. The summed E-state index contributed by atoms with van der Waals surface area (Å²) in [7, 11) is 0.616. The maximum absolute atomic E-state index is 13.0. The first kappa shape index (κ1) is 19.9. The van der Waals surface area contributed by atoms with Gasteiger partial charge in [0.05, 0.1) is 24.2 Å². The van der Waals surface area contributed by atoms with Crippen LogP contribution >= 0.6 is 0 Å². The second-order valence-corrected chi connectivity index (χ2v) is 9.57. The number of nitrogens with zero attached hydrogens (tertiary/aromatic N) is 2. The average Bonchev–Trinajstić information content (AvgIpc) is 3.16. The molecular formula is C19H28N2O5S. The summed E-state index contributed by atoms with van der Waals surface area (Å²) >= 11 is 0. The summed E-state index contributed by atoms with van der Waals surface area (Å²) in [6.45, 7) is 5.45. The van der Waals surface area contributed by atoms with E-state index in [0.29, 0.717) is 36.8 Å². The highest BCUT2D eigenvalue weighted by atomic mass is 32.2. The minimum atomic E-state index is -3.18. The number of sulfone groups is 1. The van der Waals surface area contributed by atoms with Gasteiger partial charge >= 0.3 is 0 Å². The molecule has 0 aromatic heterocycles. The van der Waals surface area contributed by atoms with Gasteiger partial charge in [0.15, 0.2) is 21.3 Å². The van der Waals surface area contributed by atoms with E-state index in [9.17, 15) is 13.2 Å². The molecule has 1 aromatic rings. The van der Waals surface area contributed by atoms with E-state index in [-0.39, 0.29) is 30.2 Å². The number of amides is 1. The van der Waals surface area contributed by atoms with Crippen LogP contribution in [0.15, 0.2) is 18.2 Å². The SMILES string of the molecule is CCOc1ccc(C(=O)N2C[C@H]3[C@H](N(C)C)CS(=O)(=O)[C@H]3C2)cc1OCC. The molecule has 8 heteroatoms. The van der Waals surface area contributed by atoms with Crippen LogP contribution in [-0.4, -0.2) is 81.6 Å². The molecule has 0 bridgehead atoms. The van der Waals surface area contributed by atoms with E-state index in [1.165, 1.54) is 0 Å². The normalized spacial score (nSPS) is 26.3. The molecule has 3 rings (SSSR count). The Morgan fingerprint density at radius 1 is 1.15 bits per heavy atom. The van der Waals surface area contributed by atoms with Gasteiger partial charge in [-0.3, -0.25) is 4.79 Å². The third-order valence-corrected chi connectivity index (χ3v) is 7.64. The number of fused-ring (bicyclic) bond motifs is 1. The van der Waals surface area contributed by atoms with Crippen LogP contribution in [0.3, 0.4) is 0 Å². The molecular weight excluding hydrogens is 368 g/mol. The van der Waals surface area contributed by atoms with Gasteiger partial charge in [-0.2, -0.15) is 0 Å². The number of carbonyl (C=O) groups is 1. The topological polar surface area (TPSA) is 76.2 Å². The largest absolute Gasteiger partial charge is 0.490 e. The minimum absolute atomic E-state index is 0.0389. The quantitative estimate of drug-likeness (QED) is 0.721. The number of likely N-dealkylation sites (tertiary alicyclic amines) is 1. The summed E-state index contributed by atoms with van der Waals surface area (Å²) in [6, 6.07) is 5.08. The Balaban J connectivity index is 1.82. The number of carbonyl (C=O) groups excluding carboxylic acids is 1.